The van der Waals surface area contributed by atoms with Crippen LogP contribution in [0.1, 0.15) is 48.0 Å². The molecule has 0 radical (unpaired) electrons. The molecule has 1 N–H and O–H groups in total. The SMILES string of the molecule is CC(C)(C)OC(=O)C[C@@H](Cn1nnc(-c2ccc(Oc3ncc(Cl)cn3)c(F)c2)n1)NC(=O)OC(C)(C)C. The van der Waals surface area contributed by atoms with Gasteiger partial charge < -0.3 is 19.5 Å². The summed E-state index contributed by atoms with van der Waals surface area (Å²) >= 11 is 5.74. The Morgan fingerprint density at radius 3 is 2.34 bits per heavy atom. The van der Waals surface area contributed by atoms with Crippen LogP contribution in [-0.2, 0) is 20.8 Å². The van der Waals surface area contributed by atoms with Crippen LogP contribution in [-0.4, -0.2) is 59.5 Å². The van der Waals surface area contributed by atoms with Gasteiger partial charge >= 0.3 is 18.1 Å². The first-order chi connectivity index (χ1) is 17.7. The molecule has 1 amide bonds. The zero-order valence-electron chi connectivity index (χ0n) is 21.9. The maximum absolute atomic E-state index is 14.7. The van der Waals surface area contributed by atoms with Crippen molar-refractivity contribution in [3.05, 3.63) is 41.4 Å². The van der Waals surface area contributed by atoms with Gasteiger partial charge in [0, 0.05) is 5.56 Å². The number of nitrogens with zero attached hydrogens (tertiary/aromatic N) is 6. The standard InChI is InChI=1S/C24H29ClFN7O5/c1-23(2,3)37-19(34)10-16(29-22(35)38-24(4,5)6)13-33-31-20(30-32-33)14-7-8-18(17(26)9-14)36-21-27-11-15(25)12-28-21/h7-9,11-12,16H,10,13H2,1-6H3,(H,29,35)/t16-/m0/s1. The third-order valence-electron chi connectivity index (χ3n) is 4.38. The third kappa shape index (κ3) is 9.21. The van der Waals surface area contributed by atoms with Gasteiger partial charge in [0.2, 0.25) is 5.82 Å². The van der Waals surface area contributed by atoms with E-state index in [2.05, 4.69) is 30.7 Å². The monoisotopic (exact) mass is 549 g/mol. The van der Waals surface area contributed by atoms with Gasteiger partial charge in [-0.15, -0.1) is 10.2 Å². The number of aromatic nitrogens is 6. The summed E-state index contributed by atoms with van der Waals surface area (Å²) in [6.45, 7) is 10.4. The highest BCUT2D eigenvalue weighted by Gasteiger charge is 2.25. The molecule has 1 aromatic carbocycles. The van der Waals surface area contributed by atoms with Crippen LogP contribution in [0.4, 0.5) is 9.18 Å². The van der Waals surface area contributed by atoms with Gasteiger partial charge in [-0.2, -0.15) is 4.80 Å². The molecule has 2 heterocycles. The summed E-state index contributed by atoms with van der Waals surface area (Å²) in [5.41, 5.74) is -1.12. The minimum Gasteiger partial charge on any atom is -0.460 e. The van der Waals surface area contributed by atoms with Crippen molar-refractivity contribution in [3.63, 3.8) is 0 Å². The largest absolute Gasteiger partial charge is 0.460 e. The van der Waals surface area contributed by atoms with Gasteiger partial charge in [0.1, 0.15) is 11.2 Å². The van der Waals surface area contributed by atoms with Crippen molar-refractivity contribution in [2.75, 3.05) is 0 Å². The normalized spacial score (nSPS) is 12.5. The first kappa shape index (κ1) is 28.7. The molecule has 0 aliphatic carbocycles. The number of alkyl carbamates (subject to hydrolysis) is 1. The molecule has 38 heavy (non-hydrogen) atoms. The van der Waals surface area contributed by atoms with Gasteiger partial charge in [0.25, 0.3) is 0 Å². The van der Waals surface area contributed by atoms with Gasteiger partial charge in [-0.05, 0) is 65.0 Å². The molecule has 14 heteroatoms. The summed E-state index contributed by atoms with van der Waals surface area (Å²) in [5, 5.41) is 15.1. The molecular weight excluding hydrogens is 521 g/mol. The van der Waals surface area contributed by atoms with E-state index in [9.17, 15) is 14.0 Å². The van der Waals surface area contributed by atoms with E-state index in [1.807, 2.05) is 0 Å². The fourth-order valence-corrected chi connectivity index (χ4v) is 3.12. The minimum atomic E-state index is -0.770. The van der Waals surface area contributed by atoms with Crippen LogP contribution < -0.4 is 10.1 Å². The van der Waals surface area contributed by atoms with Crippen molar-refractivity contribution in [1.29, 1.82) is 0 Å². The van der Waals surface area contributed by atoms with Gasteiger partial charge in [-0.25, -0.2) is 19.2 Å². The molecule has 3 aromatic rings. The van der Waals surface area contributed by atoms with Crippen molar-refractivity contribution in [1.82, 2.24) is 35.5 Å². The number of amides is 1. The second kappa shape index (κ2) is 11.7. The lowest BCUT2D eigenvalue weighted by Gasteiger charge is -2.24. The second-order valence-electron chi connectivity index (χ2n) is 10.2. The van der Waals surface area contributed by atoms with E-state index in [0.29, 0.717) is 10.6 Å². The van der Waals surface area contributed by atoms with Crippen LogP contribution >= 0.6 is 11.6 Å². The zero-order chi connectivity index (χ0) is 28.1. The summed E-state index contributed by atoms with van der Waals surface area (Å²) in [5.74, 6) is -1.22. The quantitative estimate of drug-likeness (QED) is 0.403. The maximum atomic E-state index is 14.7. The van der Waals surface area contributed by atoms with E-state index in [1.54, 1.807) is 41.5 Å². The highest BCUT2D eigenvalue weighted by Crippen LogP contribution is 2.26. The number of benzene rings is 1. The maximum Gasteiger partial charge on any atom is 0.407 e. The van der Waals surface area contributed by atoms with E-state index < -0.39 is 35.1 Å². The molecule has 0 fully saturated rings. The number of carbonyl (C=O) groups excluding carboxylic acids is 2. The van der Waals surface area contributed by atoms with E-state index in [4.69, 9.17) is 25.8 Å². The van der Waals surface area contributed by atoms with Crippen LogP contribution in [0, 0.1) is 5.82 Å². The van der Waals surface area contributed by atoms with Crippen LogP contribution in [0.5, 0.6) is 11.8 Å². The Kier molecular flexibility index (Phi) is 8.82. The Balaban J connectivity index is 1.73. The number of hydrogen-bond acceptors (Lipinski definition) is 10. The molecule has 0 spiro atoms. The molecule has 0 bridgehead atoms. The first-order valence-electron chi connectivity index (χ1n) is 11.6. The molecule has 0 saturated heterocycles. The van der Waals surface area contributed by atoms with Crippen molar-refractivity contribution >= 4 is 23.7 Å². The highest BCUT2D eigenvalue weighted by molar-refractivity contribution is 6.30. The van der Waals surface area contributed by atoms with E-state index >= 15 is 0 Å². The number of carbonyl (C=O) groups is 2. The van der Waals surface area contributed by atoms with Crippen molar-refractivity contribution < 1.29 is 28.2 Å². The zero-order valence-corrected chi connectivity index (χ0v) is 22.6. The number of nitrogens with one attached hydrogen (secondary N) is 1. The number of tetrazole rings is 1. The fraction of sp³-hybridized carbons (Fsp3) is 0.458. The smallest absolute Gasteiger partial charge is 0.407 e. The van der Waals surface area contributed by atoms with Gasteiger partial charge in [-0.3, -0.25) is 4.79 Å². The van der Waals surface area contributed by atoms with Gasteiger partial charge in [0.05, 0.1) is 36.4 Å². The average Bonchev–Trinajstić information content (AvgIpc) is 3.22. The van der Waals surface area contributed by atoms with Crippen molar-refractivity contribution in [3.8, 4) is 23.1 Å². The number of ether oxygens (including phenoxy) is 3. The van der Waals surface area contributed by atoms with Crippen LogP contribution in [0.2, 0.25) is 5.02 Å². The summed E-state index contributed by atoms with van der Waals surface area (Å²) < 4.78 is 30.7. The highest BCUT2D eigenvalue weighted by atomic mass is 35.5. The topological polar surface area (TPSA) is 143 Å². The van der Waals surface area contributed by atoms with Crippen LogP contribution in [0.25, 0.3) is 11.4 Å². The first-order valence-corrected chi connectivity index (χ1v) is 12.0. The Morgan fingerprint density at radius 2 is 1.74 bits per heavy atom. The lowest BCUT2D eigenvalue weighted by Crippen LogP contribution is -2.43. The van der Waals surface area contributed by atoms with Crippen LogP contribution in [0.15, 0.2) is 30.6 Å². The summed E-state index contributed by atoms with van der Waals surface area (Å²) in [6, 6.07) is 3.24. The number of halogens is 2. The van der Waals surface area contributed by atoms with E-state index in [1.165, 1.54) is 35.4 Å². The fourth-order valence-electron chi connectivity index (χ4n) is 3.03. The van der Waals surface area contributed by atoms with E-state index in [-0.39, 0.29) is 30.5 Å². The van der Waals surface area contributed by atoms with Gasteiger partial charge in [-0.1, -0.05) is 11.6 Å². The molecule has 1 atom stereocenters. The molecule has 2 aromatic heterocycles. The Bertz CT molecular complexity index is 1240. The number of rotatable bonds is 8. The molecule has 3 rings (SSSR count). The van der Waals surface area contributed by atoms with Crippen molar-refractivity contribution in [2.45, 2.75) is 71.8 Å². The molecule has 0 aliphatic rings. The second-order valence-corrected chi connectivity index (χ2v) is 10.7. The third-order valence-corrected chi connectivity index (χ3v) is 4.57. The molecule has 204 valence electrons. The molecular formula is C24H29ClFN7O5. The lowest BCUT2D eigenvalue weighted by molar-refractivity contribution is -0.155. The molecule has 0 unspecified atom stereocenters. The van der Waals surface area contributed by atoms with Crippen molar-refractivity contribution in [2.24, 2.45) is 0 Å². The number of esters is 1. The summed E-state index contributed by atoms with van der Waals surface area (Å²) in [7, 11) is 0. The Morgan fingerprint density at radius 1 is 1.08 bits per heavy atom. The predicted molar refractivity (Wildman–Crippen MR) is 134 cm³/mol. The predicted octanol–water partition coefficient (Wildman–Crippen LogP) is 4.34. The Hall–Kier alpha value is -3.87. The van der Waals surface area contributed by atoms with Gasteiger partial charge in [0.15, 0.2) is 11.6 Å². The average molecular weight is 550 g/mol. The lowest BCUT2D eigenvalue weighted by atomic mass is 10.1. The number of hydrogen-bond donors (Lipinski definition) is 1. The summed E-state index contributed by atoms with van der Waals surface area (Å²) in [6.07, 6.45) is 1.77. The molecule has 0 aliphatic heterocycles. The summed E-state index contributed by atoms with van der Waals surface area (Å²) in [4.78, 5) is 33.7. The molecule has 0 saturated carbocycles. The van der Waals surface area contributed by atoms with Crippen LogP contribution in [0.3, 0.4) is 0 Å². The Labute approximate surface area is 223 Å². The van der Waals surface area contributed by atoms with E-state index in [0.717, 1.165) is 0 Å². The molecule has 12 nitrogen and oxygen atoms in total. The minimum absolute atomic E-state index is 0.0247.